The zero-order chi connectivity index (χ0) is 15.3. The molecule has 0 saturated heterocycles. The summed E-state index contributed by atoms with van der Waals surface area (Å²) in [7, 11) is 0. The predicted molar refractivity (Wildman–Crippen MR) is 82.4 cm³/mol. The quantitative estimate of drug-likeness (QED) is 0.829. The van der Waals surface area contributed by atoms with Gasteiger partial charge in [-0.25, -0.2) is 0 Å². The normalized spacial score (nSPS) is 11.2. The molecule has 1 amide bonds. The molecule has 3 N–H and O–H groups in total. The number of anilines is 1. The Hall–Kier alpha value is -1.62. The second-order valence-electron chi connectivity index (χ2n) is 5.45. The number of hydrogen-bond donors (Lipinski definition) is 2. The average molecular weight is 278 g/mol. The Labute approximate surface area is 121 Å². The SMILES string of the molecule is CCN(CC(=O)NC(C)C)Cc1ncc(C)c(N)c1C. The van der Waals surface area contributed by atoms with E-state index in [0.717, 1.165) is 29.1 Å². The van der Waals surface area contributed by atoms with Crippen molar-refractivity contribution in [1.82, 2.24) is 15.2 Å². The number of nitrogens with one attached hydrogen (secondary N) is 1. The summed E-state index contributed by atoms with van der Waals surface area (Å²) < 4.78 is 0. The molecule has 0 spiro atoms. The molecule has 1 heterocycles. The lowest BCUT2D eigenvalue weighted by Gasteiger charge is -2.21. The van der Waals surface area contributed by atoms with E-state index in [1.807, 2.05) is 34.6 Å². The molecule has 20 heavy (non-hydrogen) atoms. The van der Waals surface area contributed by atoms with Crippen LogP contribution in [-0.4, -0.2) is 34.9 Å². The van der Waals surface area contributed by atoms with E-state index in [-0.39, 0.29) is 11.9 Å². The van der Waals surface area contributed by atoms with Gasteiger partial charge in [0, 0.05) is 24.5 Å². The molecular formula is C15H26N4O. The van der Waals surface area contributed by atoms with Crippen LogP contribution in [0, 0.1) is 13.8 Å². The summed E-state index contributed by atoms with van der Waals surface area (Å²) in [5, 5.41) is 2.90. The molecule has 0 fully saturated rings. The fourth-order valence-corrected chi connectivity index (χ4v) is 2.01. The van der Waals surface area contributed by atoms with E-state index in [0.29, 0.717) is 13.1 Å². The Bertz CT molecular complexity index is 471. The molecule has 0 atom stereocenters. The highest BCUT2D eigenvalue weighted by atomic mass is 16.2. The van der Waals surface area contributed by atoms with Crippen LogP contribution in [0.3, 0.4) is 0 Å². The Morgan fingerprint density at radius 3 is 2.65 bits per heavy atom. The lowest BCUT2D eigenvalue weighted by Crippen LogP contribution is -2.40. The van der Waals surface area contributed by atoms with Gasteiger partial charge in [-0.2, -0.15) is 0 Å². The lowest BCUT2D eigenvalue weighted by molar-refractivity contribution is -0.122. The molecule has 112 valence electrons. The molecule has 0 aromatic carbocycles. The molecule has 1 aromatic rings. The van der Waals surface area contributed by atoms with Crippen LogP contribution in [0.15, 0.2) is 6.20 Å². The van der Waals surface area contributed by atoms with Crippen LogP contribution in [-0.2, 0) is 11.3 Å². The van der Waals surface area contributed by atoms with Gasteiger partial charge in [0.25, 0.3) is 0 Å². The first kappa shape index (κ1) is 16.4. The van der Waals surface area contributed by atoms with Crippen molar-refractivity contribution in [1.29, 1.82) is 0 Å². The van der Waals surface area contributed by atoms with Crippen LogP contribution in [0.1, 0.15) is 37.6 Å². The topological polar surface area (TPSA) is 71.2 Å². The lowest BCUT2D eigenvalue weighted by atomic mass is 10.1. The van der Waals surface area contributed by atoms with Gasteiger partial charge in [-0.15, -0.1) is 0 Å². The number of nitrogens with two attached hydrogens (primary N) is 1. The zero-order valence-electron chi connectivity index (χ0n) is 13.2. The number of aryl methyl sites for hydroxylation is 1. The minimum atomic E-state index is 0.0413. The number of amides is 1. The molecule has 0 unspecified atom stereocenters. The van der Waals surface area contributed by atoms with Crippen molar-refractivity contribution < 1.29 is 4.79 Å². The van der Waals surface area contributed by atoms with Gasteiger partial charge < -0.3 is 11.1 Å². The summed E-state index contributed by atoms with van der Waals surface area (Å²) in [6.45, 7) is 11.7. The number of carbonyl (C=O) groups is 1. The van der Waals surface area contributed by atoms with Crippen LogP contribution in [0.4, 0.5) is 5.69 Å². The summed E-state index contributed by atoms with van der Waals surface area (Å²) >= 11 is 0. The van der Waals surface area contributed by atoms with E-state index in [2.05, 4.69) is 15.2 Å². The summed E-state index contributed by atoms with van der Waals surface area (Å²) in [4.78, 5) is 18.3. The molecule has 0 aliphatic heterocycles. The van der Waals surface area contributed by atoms with Crippen LogP contribution in [0.25, 0.3) is 0 Å². The van der Waals surface area contributed by atoms with E-state index in [1.54, 1.807) is 6.20 Å². The minimum Gasteiger partial charge on any atom is -0.398 e. The van der Waals surface area contributed by atoms with Crippen molar-refractivity contribution in [3.05, 3.63) is 23.0 Å². The van der Waals surface area contributed by atoms with E-state index in [1.165, 1.54) is 0 Å². The molecule has 5 heteroatoms. The number of hydrogen-bond acceptors (Lipinski definition) is 4. The number of nitrogen functional groups attached to an aromatic ring is 1. The fourth-order valence-electron chi connectivity index (χ4n) is 2.01. The summed E-state index contributed by atoms with van der Waals surface area (Å²) in [5.41, 5.74) is 9.76. The molecule has 0 saturated carbocycles. The number of likely N-dealkylation sites (N-methyl/N-ethyl adjacent to an activating group) is 1. The third-order valence-corrected chi connectivity index (χ3v) is 3.31. The number of pyridine rings is 1. The highest BCUT2D eigenvalue weighted by Crippen LogP contribution is 2.19. The first-order valence-electron chi connectivity index (χ1n) is 7.07. The molecule has 5 nitrogen and oxygen atoms in total. The smallest absolute Gasteiger partial charge is 0.234 e. The maximum Gasteiger partial charge on any atom is 0.234 e. The first-order chi connectivity index (χ1) is 9.35. The molecule has 0 bridgehead atoms. The Kier molecular flexibility index (Phi) is 5.95. The standard InChI is InChI=1S/C15H26N4O/c1-6-19(9-14(20)18-10(2)3)8-13-12(5)15(16)11(4)7-17-13/h7,10H,6,8-9H2,1-5H3,(H2,16,17)(H,18,20). The van der Waals surface area contributed by atoms with Gasteiger partial charge in [0.2, 0.25) is 5.91 Å². The van der Waals surface area contributed by atoms with Gasteiger partial charge in [0.1, 0.15) is 0 Å². The Morgan fingerprint density at radius 1 is 1.45 bits per heavy atom. The highest BCUT2D eigenvalue weighted by Gasteiger charge is 2.13. The number of nitrogens with zero attached hydrogens (tertiary/aromatic N) is 2. The summed E-state index contributed by atoms with van der Waals surface area (Å²) in [5.74, 6) is 0.0413. The summed E-state index contributed by atoms with van der Waals surface area (Å²) in [6, 6.07) is 0.163. The molecule has 0 radical (unpaired) electrons. The number of aromatic nitrogens is 1. The van der Waals surface area contributed by atoms with Gasteiger partial charge in [0.05, 0.1) is 12.2 Å². The third-order valence-electron chi connectivity index (χ3n) is 3.31. The van der Waals surface area contributed by atoms with E-state index in [9.17, 15) is 4.79 Å². The van der Waals surface area contributed by atoms with E-state index < -0.39 is 0 Å². The second kappa shape index (κ2) is 7.24. The second-order valence-corrected chi connectivity index (χ2v) is 5.45. The Morgan fingerprint density at radius 2 is 2.10 bits per heavy atom. The van der Waals surface area contributed by atoms with E-state index >= 15 is 0 Å². The van der Waals surface area contributed by atoms with Crippen molar-refractivity contribution in [3.8, 4) is 0 Å². The molecule has 0 aliphatic rings. The maximum atomic E-state index is 11.8. The number of carbonyl (C=O) groups excluding carboxylic acids is 1. The Balaban J connectivity index is 2.74. The number of rotatable bonds is 6. The van der Waals surface area contributed by atoms with Crippen LogP contribution in [0.5, 0.6) is 0 Å². The van der Waals surface area contributed by atoms with Crippen LogP contribution in [0.2, 0.25) is 0 Å². The first-order valence-corrected chi connectivity index (χ1v) is 7.07. The van der Waals surface area contributed by atoms with Crippen molar-refractivity contribution in [2.24, 2.45) is 0 Å². The fraction of sp³-hybridized carbons (Fsp3) is 0.600. The van der Waals surface area contributed by atoms with Crippen LogP contribution >= 0.6 is 0 Å². The average Bonchev–Trinajstić information content (AvgIpc) is 2.37. The van der Waals surface area contributed by atoms with Crippen molar-refractivity contribution in [3.63, 3.8) is 0 Å². The molecule has 1 aromatic heterocycles. The van der Waals surface area contributed by atoms with Crippen molar-refractivity contribution >= 4 is 11.6 Å². The van der Waals surface area contributed by atoms with Gasteiger partial charge in [0.15, 0.2) is 0 Å². The highest BCUT2D eigenvalue weighted by molar-refractivity contribution is 5.78. The maximum absolute atomic E-state index is 11.8. The van der Waals surface area contributed by atoms with Crippen molar-refractivity contribution in [2.75, 3.05) is 18.8 Å². The minimum absolute atomic E-state index is 0.0413. The van der Waals surface area contributed by atoms with Crippen molar-refractivity contribution in [2.45, 2.75) is 47.2 Å². The molecule has 1 rings (SSSR count). The van der Waals surface area contributed by atoms with E-state index in [4.69, 9.17) is 5.73 Å². The largest absolute Gasteiger partial charge is 0.398 e. The van der Waals surface area contributed by atoms with Gasteiger partial charge in [-0.3, -0.25) is 14.7 Å². The molecular weight excluding hydrogens is 252 g/mol. The third kappa shape index (κ3) is 4.49. The van der Waals surface area contributed by atoms with Crippen LogP contribution < -0.4 is 11.1 Å². The summed E-state index contributed by atoms with van der Waals surface area (Å²) in [6.07, 6.45) is 1.79. The van der Waals surface area contributed by atoms with Gasteiger partial charge >= 0.3 is 0 Å². The van der Waals surface area contributed by atoms with Gasteiger partial charge in [-0.05, 0) is 45.4 Å². The molecule has 0 aliphatic carbocycles. The monoisotopic (exact) mass is 278 g/mol. The van der Waals surface area contributed by atoms with Gasteiger partial charge in [-0.1, -0.05) is 6.92 Å². The predicted octanol–water partition coefficient (Wildman–Crippen LogP) is 1.63. The zero-order valence-corrected chi connectivity index (χ0v) is 13.2.